The van der Waals surface area contributed by atoms with Crippen LogP contribution in [0.25, 0.3) is 21.2 Å². The predicted octanol–water partition coefficient (Wildman–Crippen LogP) is 3.60. The van der Waals surface area contributed by atoms with Gasteiger partial charge in [0, 0.05) is 23.9 Å². The number of rotatable bonds is 5. The molecule has 0 N–H and O–H groups in total. The lowest BCUT2D eigenvalue weighted by Gasteiger charge is -2.39. The van der Waals surface area contributed by atoms with Gasteiger partial charge in [-0.1, -0.05) is 30.6 Å². The predicted molar refractivity (Wildman–Crippen MR) is 107 cm³/mol. The number of aromatic nitrogens is 2. The Morgan fingerprint density at radius 1 is 1.38 bits per heavy atom. The van der Waals surface area contributed by atoms with Crippen LogP contribution >= 0.6 is 11.6 Å². The number of hydrogen-bond donors (Lipinski definition) is 0. The average Bonchev–Trinajstić information content (AvgIpc) is 3.18. The summed E-state index contributed by atoms with van der Waals surface area (Å²) in [5.74, 6) is 0.443. The summed E-state index contributed by atoms with van der Waals surface area (Å²) in [6, 6.07) is 1.71. The number of likely N-dealkylation sites (tertiary alicyclic amines) is 1. The number of fused-ring (bicyclic) bond motifs is 1. The number of nitrogens with zero attached hydrogens (tertiary/aromatic N) is 6. The minimum Gasteiger partial charge on any atom is -0.470 e. The van der Waals surface area contributed by atoms with Gasteiger partial charge in [0.2, 0.25) is 5.88 Å². The van der Waals surface area contributed by atoms with Gasteiger partial charge in [0.05, 0.1) is 24.0 Å². The maximum absolute atomic E-state index is 12.4. The SMILES string of the molecule is CC(C)(N=[N+]=[N-])c1cnc(OC2CN(C(=O)[C@H]3CCCO3)C2)c2cnc(Cl)cc12. The summed E-state index contributed by atoms with van der Waals surface area (Å²) < 4.78 is 11.5. The van der Waals surface area contributed by atoms with Crippen LogP contribution in [0.4, 0.5) is 0 Å². The van der Waals surface area contributed by atoms with E-state index in [0.29, 0.717) is 36.1 Å². The molecule has 2 aromatic heterocycles. The Hall–Kier alpha value is -2.61. The maximum atomic E-state index is 12.4. The van der Waals surface area contributed by atoms with Crippen molar-refractivity contribution >= 4 is 28.3 Å². The first-order chi connectivity index (χ1) is 13.9. The molecular weight excluding hydrogens is 396 g/mol. The molecule has 152 valence electrons. The van der Waals surface area contributed by atoms with Gasteiger partial charge in [0.25, 0.3) is 5.91 Å². The number of hydrogen-bond acceptors (Lipinski definition) is 6. The number of pyridine rings is 2. The molecule has 1 amide bonds. The van der Waals surface area contributed by atoms with Crippen LogP contribution in [0.2, 0.25) is 5.15 Å². The highest BCUT2D eigenvalue weighted by atomic mass is 35.5. The Morgan fingerprint density at radius 2 is 2.17 bits per heavy atom. The molecular formula is C19H21ClN6O3. The first-order valence-electron chi connectivity index (χ1n) is 9.47. The molecule has 29 heavy (non-hydrogen) atoms. The molecule has 0 radical (unpaired) electrons. The summed E-state index contributed by atoms with van der Waals surface area (Å²) in [5.41, 5.74) is 8.80. The van der Waals surface area contributed by atoms with E-state index in [1.54, 1.807) is 37.2 Å². The fourth-order valence-electron chi connectivity index (χ4n) is 3.66. The smallest absolute Gasteiger partial charge is 0.251 e. The summed E-state index contributed by atoms with van der Waals surface area (Å²) in [4.78, 5) is 25.6. The molecule has 0 unspecified atom stereocenters. The molecule has 0 aromatic carbocycles. The topological polar surface area (TPSA) is 113 Å². The Kier molecular flexibility index (Phi) is 5.21. The van der Waals surface area contributed by atoms with E-state index in [4.69, 9.17) is 26.6 Å². The number of carbonyl (C=O) groups is 1. The van der Waals surface area contributed by atoms with Crippen molar-refractivity contribution < 1.29 is 14.3 Å². The fourth-order valence-corrected chi connectivity index (χ4v) is 3.82. The van der Waals surface area contributed by atoms with E-state index in [1.807, 2.05) is 0 Å². The van der Waals surface area contributed by atoms with E-state index in [1.165, 1.54) is 0 Å². The normalized spacial score (nSPS) is 19.7. The lowest BCUT2D eigenvalue weighted by atomic mass is 9.93. The van der Waals surface area contributed by atoms with Crippen molar-refractivity contribution in [3.8, 4) is 5.88 Å². The van der Waals surface area contributed by atoms with Crippen LogP contribution in [0.15, 0.2) is 23.6 Å². The number of carbonyl (C=O) groups excluding carboxylic acids is 1. The van der Waals surface area contributed by atoms with E-state index in [0.717, 1.165) is 23.8 Å². The number of halogens is 1. The van der Waals surface area contributed by atoms with Gasteiger partial charge in [-0.15, -0.1) is 0 Å². The van der Waals surface area contributed by atoms with Crippen molar-refractivity contribution in [3.63, 3.8) is 0 Å². The summed E-state index contributed by atoms with van der Waals surface area (Å²) in [6.07, 6.45) is 4.47. The van der Waals surface area contributed by atoms with E-state index in [-0.39, 0.29) is 18.1 Å². The highest BCUT2D eigenvalue weighted by Crippen LogP contribution is 2.36. The van der Waals surface area contributed by atoms with Crippen molar-refractivity contribution in [1.29, 1.82) is 0 Å². The monoisotopic (exact) mass is 416 g/mol. The molecule has 2 aliphatic rings. The van der Waals surface area contributed by atoms with Gasteiger partial charge < -0.3 is 14.4 Å². The van der Waals surface area contributed by atoms with Crippen LogP contribution in [-0.2, 0) is 15.1 Å². The molecule has 0 aliphatic carbocycles. The molecule has 1 atom stereocenters. The summed E-state index contributed by atoms with van der Waals surface area (Å²) in [7, 11) is 0. The molecule has 2 saturated heterocycles. The van der Waals surface area contributed by atoms with Crippen molar-refractivity contribution in [3.05, 3.63) is 39.6 Å². The van der Waals surface area contributed by atoms with E-state index < -0.39 is 5.54 Å². The molecule has 2 aromatic rings. The van der Waals surface area contributed by atoms with Crippen LogP contribution in [0, 0.1) is 0 Å². The maximum Gasteiger partial charge on any atom is 0.251 e. The average molecular weight is 417 g/mol. The van der Waals surface area contributed by atoms with Gasteiger partial charge >= 0.3 is 0 Å². The van der Waals surface area contributed by atoms with Crippen LogP contribution in [0.1, 0.15) is 32.3 Å². The summed E-state index contributed by atoms with van der Waals surface area (Å²) in [6.45, 7) is 5.25. The Bertz CT molecular complexity index is 995. The number of amides is 1. The molecule has 0 saturated carbocycles. The second kappa shape index (κ2) is 7.67. The second-order valence-corrected chi connectivity index (χ2v) is 8.15. The largest absolute Gasteiger partial charge is 0.470 e. The number of azide groups is 1. The van der Waals surface area contributed by atoms with Crippen molar-refractivity contribution in [2.24, 2.45) is 5.11 Å². The van der Waals surface area contributed by atoms with Crippen molar-refractivity contribution in [1.82, 2.24) is 14.9 Å². The second-order valence-electron chi connectivity index (χ2n) is 7.76. The van der Waals surface area contributed by atoms with Gasteiger partial charge in [0.15, 0.2) is 0 Å². The third-order valence-corrected chi connectivity index (χ3v) is 5.51. The molecule has 0 bridgehead atoms. The van der Waals surface area contributed by atoms with Gasteiger partial charge in [-0.25, -0.2) is 9.97 Å². The quantitative estimate of drug-likeness (QED) is 0.320. The third kappa shape index (κ3) is 3.81. The Morgan fingerprint density at radius 3 is 2.86 bits per heavy atom. The van der Waals surface area contributed by atoms with Crippen LogP contribution < -0.4 is 4.74 Å². The molecule has 9 nitrogen and oxygen atoms in total. The van der Waals surface area contributed by atoms with Crippen molar-refractivity contribution in [2.75, 3.05) is 19.7 Å². The molecule has 4 rings (SSSR count). The first kappa shape index (κ1) is 19.7. The third-order valence-electron chi connectivity index (χ3n) is 5.30. The molecule has 0 spiro atoms. The Balaban J connectivity index is 1.55. The molecule has 10 heteroatoms. The fraction of sp³-hybridized carbons (Fsp3) is 0.526. The first-order valence-corrected chi connectivity index (χ1v) is 9.85. The summed E-state index contributed by atoms with van der Waals surface area (Å²) >= 11 is 6.10. The van der Waals surface area contributed by atoms with Gasteiger partial charge in [0.1, 0.15) is 17.4 Å². The van der Waals surface area contributed by atoms with E-state index in [2.05, 4.69) is 20.0 Å². The van der Waals surface area contributed by atoms with E-state index in [9.17, 15) is 4.79 Å². The highest BCUT2D eigenvalue weighted by Gasteiger charge is 2.38. The van der Waals surface area contributed by atoms with Gasteiger partial charge in [-0.05, 0) is 35.4 Å². The minimum atomic E-state index is -0.815. The molecule has 4 heterocycles. The minimum absolute atomic E-state index is 0.0279. The highest BCUT2D eigenvalue weighted by molar-refractivity contribution is 6.30. The molecule has 2 fully saturated rings. The van der Waals surface area contributed by atoms with Crippen molar-refractivity contribution in [2.45, 2.75) is 44.4 Å². The van der Waals surface area contributed by atoms with Crippen LogP contribution in [-0.4, -0.2) is 52.7 Å². The zero-order valence-electron chi connectivity index (χ0n) is 16.2. The Labute approximate surface area is 172 Å². The van der Waals surface area contributed by atoms with E-state index >= 15 is 0 Å². The van der Waals surface area contributed by atoms with Gasteiger partial charge in [-0.3, -0.25) is 4.79 Å². The standard InChI is InChI=1S/C19H21ClN6O3/c1-19(2,24-25-21)14-8-23-17(13-7-22-16(20)6-12(13)14)29-11-9-26(10-11)18(27)15-4-3-5-28-15/h6-8,11,15H,3-5,9-10H2,1-2H3/t15-/m1/s1. The number of ether oxygens (including phenoxy) is 2. The lowest BCUT2D eigenvalue weighted by molar-refractivity contribution is -0.149. The molecule has 2 aliphatic heterocycles. The zero-order valence-corrected chi connectivity index (χ0v) is 17.0. The van der Waals surface area contributed by atoms with Crippen LogP contribution in [0.3, 0.4) is 0 Å². The van der Waals surface area contributed by atoms with Gasteiger partial charge in [-0.2, -0.15) is 0 Å². The lowest BCUT2D eigenvalue weighted by Crippen LogP contribution is -2.58. The van der Waals surface area contributed by atoms with Crippen LogP contribution in [0.5, 0.6) is 5.88 Å². The zero-order chi connectivity index (χ0) is 20.6. The summed E-state index contributed by atoms with van der Waals surface area (Å²) in [5, 5.41) is 5.64.